The van der Waals surface area contributed by atoms with Gasteiger partial charge in [0, 0.05) is 18.7 Å². The summed E-state index contributed by atoms with van der Waals surface area (Å²) in [5, 5.41) is 3.33. The van der Waals surface area contributed by atoms with Crippen LogP contribution >= 0.6 is 0 Å². The first-order valence-electron chi connectivity index (χ1n) is 7.55. The molecular weight excluding hydrogens is 248 g/mol. The summed E-state index contributed by atoms with van der Waals surface area (Å²) in [6.45, 7) is 1.95. The molecule has 2 aliphatic rings. The summed E-state index contributed by atoms with van der Waals surface area (Å²) < 4.78 is 2.10. The van der Waals surface area contributed by atoms with Gasteiger partial charge >= 0.3 is 0 Å². The van der Waals surface area contributed by atoms with Gasteiger partial charge in [0.25, 0.3) is 0 Å². The third-order valence-electron chi connectivity index (χ3n) is 4.47. The van der Waals surface area contributed by atoms with Crippen LogP contribution < -0.4 is 11.1 Å². The molecule has 4 rings (SSSR count). The van der Waals surface area contributed by atoms with E-state index < -0.39 is 0 Å². The van der Waals surface area contributed by atoms with Crippen LogP contribution in [0.3, 0.4) is 0 Å². The van der Waals surface area contributed by atoms with Gasteiger partial charge in [0.15, 0.2) is 0 Å². The van der Waals surface area contributed by atoms with Gasteiger partial charge in [-0.05, 0) is 49.3 Å². The molecule has 0 fully saturated rings. The second-order valence-electron chi connectivity index (χ2n) is 5.79. The maximum absolute atomic E-state index is 6.29. The second-order valence-corrected chi connectivity index (χ2v) is 5.79. The van der Waals surface area contributed by atoms with E-state index in [1.807, 2.05) is 0 Å². The Kier molecular flexibility index (Phi) is 2.69. The van der Waals surface area contributed by atoms with Gasteiger partial charge in [-0.2, -0.15) is 0 Å². The Labute approximate surface area is 119 Å². The first-order valence-corrected chi connectivity index (χ1v) is 7.55. The van der Waals surface area contributed by atoms with E-state index in [0.717, 1.165) is 42.5 Å². The van der Waals surface area contributed by atoms with Crippen molar-refractivity contribution in [2.45, 2.75) is 38.6 Å². The molecule has 0 spiro atoms. The highest BCUT2D eigenvalue weighted by molar-refractivity contribution is 5.74. The van der Waals surface area contributed by atoms with Crippen molar-refractivity contribution in [1.29, 1.82) is 0 Å². The molecular formula is C16H20N4. The highest BCUT2D eigenvalue weighted by Crippen LogP contribution is 2.33. The number of nitrogens with zero attached hydrogens (tertiary/aromatic N) is 2. The van der Waals surface area contributed by atoms with Gasteiger partial charge in [-0.25, -0.2) is 4.98 Å². The first-order chi connectivity index (χ1) is 9.83. The summed E-state index contributed by atoms with van der Waals surface area (Å²) in [4.78, 5) is 4.70. The number of aromatic nitrogens is 2. The van der Waals surface area contributed by atoms with E-state index in [9.17, 15) is 0 Å². The van der Waals surface area contributed by atoms with Crippen LogP contribution in [0.15, 0.2) is 18.2 Å². The van der Waals surface area contributed by atoms with Gasteiger partial charge in [-0.3, -0.25) is 4.57 Å². The molecule has 0 radical (unpaired) electrons. The molecule has 0 saturated heterocycles. The Bertz CT molecular complexity index is 657. The number of imidazole rings is 1. The number of hydrogen-bond donors (Lipinski definition) is 2. The zero-order valence-corrected chi connectivity index (χ0v) is 11.7. The molecule has 1 aliphatic heterocycles. The maximum Gasteiger partial charge on any atom is 0.205 e. The van der Waals surface area contributed by atoms with Crippen LogP contribution in [-0.4, -0.2) is 16.1 Å². The number of nitrogens with one attached hydrogen (secondary N) is 1. The van der Waals surface area contributed by atoms with Gasteiger partial charge in [-0.1, -0.05) is 12.1 Å². The number of anilines is 2. The average Bonchev–Trinajstić information content (AvgIpc) is 2.84. The van der Waals surface area contributed by atoms with Crippen molar-refractivity contribution in [2.75, 3.05) is 17.6 Å². The van der Waals surface area contributed by atoms with Crippen LogP contribution in [0.2, 0.25) is 0 Å². The summed E-state index contributed by atoms with van der Waals surface area (Å²) in [6, 6.07) is 6.73. The number of aryl methyl sites for hydroxylation is 2. The van der Waals surface area contributed by atoms with E-state index in [0.29, 0.717) is 0 Å². The Hall–Kier alpha value is -1.97. The van der Waals surface area contributed by atoms with E-state index in [1.165, 1.54) is 36.8 Å². The molecule has 2 aromatic rings. The molecule has 1 aliphatic carbocycles. The predicted molar refractivity (Wildman–Crippen MR) is 81.8 cm³/mol. The zero-order valence-electron chi connectivity index (χ0n) is 11.7. The Morgan fingerprint density at radius 1 is 1.10 bits per heavy atom. The topological polar surface area (TPSA) is 55.9 Å². The van der Waals surface area contributed by atoms with Crippen molar-refractivity contribution in [2.24, 2.45) is 0 Å². The Morgan fingerprint density at radius 2 is 1.95 bits per heavy atom. The lowest BCUT2D eigenvalue weighted by molar-refractivity contribution is 0.634. The third-order valence-corrected chi connectivity index (χ3v) is 4.47. The van der Waals surface area contributed by atoms with E-state index in [2.05, 4.69) is 28.1 Å². The molecule has 3 N–H and O–H groups in total. The fraction of sp³-hybridized carbons (Fsp3) is 0.438. The van der Waals surface area contributed by atoms with Crippen molar-refractivity contribution >= 4 is 11.8 Å². The monoisotopic (exact) mass is 268 g/mol. The number of rotatable bonds is 1. The summed E-state index contributed by atoms with van der Waals surface area (Å²) in [5.41, 5.74) is 11.4. The number of hydrogen-bond acceptors (Lipinski definition) is 3. The number of nitrogens with two attached hydrogens (primary N) is 1. The van der Waals surface area contributed by atoms with Gasteiger partial charge in [0.05, 0.1) is 0 Å². The Morgan fingerprint density at radius 3 is 2.80 bits per heavy atom. The highest BCUT2D eigenvalue weighted by atomic mass is 15.3. The van der Waals surface area contributed by atoms with E-state index in [-0.39, 0.29) is 0 Å². The average molecular weight is 268 g/mol. The Balaban J connectivity index is 1.79. The minimum Gasteiger partial charge on any atom is -0.383 e. The number of benzene rings is 1. The first kappa shape index (κ1) is 11.8. The van der Waals surface area contributed by atoms with Crippen LogP contribution in [0.5, 0.6) is 0 Å². The normalized spacial score (nSPS) is 17.2. The lowest BCUT2D eigenvalue weighted by Crippen LogP contribution is -2.18. The standard InChI is InChI=1S/C16H20N4/c17-15-14(19-16-18-8-3-9-20(15)16)13-7-6-11-4-1-2-5-12(11)10-13/h6-7,10H,1-5,8-9,17H2,(H,18,19). The molecule has 1 aromatic carbocycles. The third kappa shape index (κ3) is 1.79. The number of fused-ring (bicyclic) bond motifs is 2. The quantitative estimate of drug-likeness (QED) is 0.836. The molecule has 2 heterocycles. The molecule has 1 aromatic heterocycles. The molecule has 0 unspecified atom stereocenters. The molecule has 0 atom stereocenters. The van der Waals surface area contributed by atoms with Crippen LogP contribution in [0.25, 0.3) is 11.3 Å². The summed E-state index contributed by atoms with van der Waals surface area (Å²) >= 11 is 0. The second kappa shape index (κ2) is 4.54. The molecule has 4 nitrogen and oxygen atoms in total. The molecule has 0 bridgehead atoms. The summed E-state index contributed by atoms with van der Waals surface area (Å²) in [5.74, 6) is 1.71. The van der Waals surface area contributed by atoms with E-state index >= 15 is 0 Å². The van der Waals surface area contributed by atoms with Crippen molar-refractivity contribution in [3.05, 3.63) is 29.3 Å². The van der Waals surface area contributed by atoms with Crippen LogP contribution in [0, 0.1) is 0 Å². The van der Waals surface area contributed by atoms with Crippen LogP contribution in [-0.2, 0) is 19.4 Å². The van der Waals surface area contributed by atoms with Crippen molar-refractivity contribution in [1.82, 2.24) is 9.55 Å². The van der Waals surface area contributed by atoms with Crippen LogP contribution in [0.1, 0.15) is 30.4 Å². The lowest BCUT2D eigenvalue weighted by Gasteiger charge is -2.16. The van der Waals surface area contributed by atoms with Crippen molar-refractivity contribution in [3.8, 4) is 11.3 Å². The summed E-state index contributed by atoms with van der Waals surface area (Å²) in [7, 11) is 0. The minimum absolute atomic E-state index is 0.794. The van der Waals surface area contributed by atoms with E-state index in [4.69, 9.17) is 10.7 Å². The predicted octanol–water partition coefficient (Wildman–Crippen LogP) is 2.83. The van der Waals surface area contributed by atoms with Gasteiger partial charge in [0.2, 0.25) is 5.95 Å². The fourth-order valence-corrected chi connectivity index (χ4v) is 3.36. The van der Waals surface area contributed by atoms with Crippen molar-refractivity contribution < 1.29 is 0 Å². The van der Waals surface area contributed by atoms with Gasteiger partial charge < -0.3 is 11.1 Å². The molecule has 0 amide bonds. The SMILES string of the molecule is Nc1c(-c2ccc3c(c2)CCCC3)nc2n1CCCN2. The van der Waals surface area contributed by atoms with Crippen molar-refractivity contribution in [3.63, 3.8) is 0 Å². The highest BCUT2D eigenvalue weighted by Gasteiger charge is 2.19. The fourth-order valence-electron chi connectivity index (χ4n) is 3.36. The molecule has 104 valence electrons. The van der Waals surface area contributed by atoms with Crippen LogP contribution in [0.4, 0.5) is 11.8 Å². The zero-order chi connectivity index (χ0) is 13.5. The number of nitrogen functional groups attached to an aromatic ring is 1. The molecule has 20 heavy (non-hydrogen) atoms. The molecule has 0 saturated carbocycles. The largest absolute Gasteiger partial charge is 0.383 e. The summed E-state index contributed by atoms with van der Waals surface area (Å²) in [6.07, 6.45) is 6.13. The van der Waals surface area contributed by atoms with Gasteiger partial charge in [0.1, 0.15) is 11.5 Å². The maximum atomic E-state index is 6.29. The smallest absolute Gasteiger partial charge is 0.205 e. The lowest BCUT2D eigenvalue weighted by atomic mass is 9.90. The van der Waals surface area contributed by atoms with Gasteiger partial charge in [-0.15, -0.1) is 0 Å². The molecule has 4 heteroatoms. The van der Waals surface area contributed by atoms with E-state index in [1.54, 1.807) is 0 Å². The minimum atomic E-state index is 0.794.